The Kier molecular flexibility index (Phi) is 8.79. The van der Waals surface area contributed by atoms with Crippen molar-refractivity contribution in [3.05, 3.63) is 58.4 Å². The number of imidazole rings is 1. The van der Waals surface area contributed by atoms with Gasteiger partial charge in [-0.3, -0.25) is 0 Å². The number of aromatic nitrogens is 2. The van der Waals surface area contributed by atoms with Crippen molar-refractivity contribution in [2.75, 3.05) is 34.4 Å². The Bertz CT molecular complexity index is 1310. The second-order valence-corrected chi connectivity index (χ2v) is 8.50. The van der Waals surface area contributed by atoms with Gasteiger partial charge < -0.3 is 33.7 Å². The molecule has 37 heavy (non-hydrogen) atoms. The Hall–Kier alpha value is -3.61. The molecule has 200 valence electrons. The number of ether oxygens (including phenoxy) is 3. The third-order valence-electron chi connectivity index (χ3n) is 5.99. The van der Waals surface area contributed by atoms with Crippen LogP contribution >= 0.6 is 0 Å². The molecule has 1 aromatic carbocycles. The van der Waals surface area contributed by atoms with Crippen LogP contribution in [-0.2, 0) is 20.6 Å². The second-order valence-electron chi connectivity index (χ2n) is 8.50. The number of hydrogen-bond donors (Lipinski definition) is 2. The number of methoxy groups -OCH3 is 3. The fraction of sp³-hybridized carbons (Fsp3) is 0.400. The number of nitrogens with zero attached hydrogens (tertiary/aromatic N) is 3. The van der Waals surface area contributed by atoms with E-state index in [0.29, 0.717) is 17.4 Å². The van der Waals surface area contributed by atoms with Crippen molar-refractivity contribution in [3.8, 4) is 11.3 Å². The SMILES string of the molecule is COC(=O)N(CC(OC)OC)C[C@@H](O)Cc1c(-c2c(F)cc(C(=O)O)c(F)c2C)nc2cc(C)ccn12. The van der Waals surface area contributed by atoms with Crippen LogP contribution in [0.15, 0.2) is 24.4 Å². The molecule has 3 rings (SSSR count). The van der Waals surface area contributed by atoms with Crippen LogP contribution in [0.25, 0.3) is 16.9 Å². The van der Waals surface area contributed by atoms with E-state index in [4.69, 9.17) is 14.2 Å². The molecule has 2 N–H and O–H groups in total. The van der Waals surface area contributed by atoms with Gasteiger partial charge in [-0.2, -0.15) is 0 Å². The summed E-state index contributed by atoms with van der Waals surface area (Å²) >= 11 is 0. The number of carbonyl (C=O) groups excluding carboxylic acids is 1. The van der Waals surface area contributed by atoms with Crippen LogP contribution in [0, 0.1) is 25.5 Å². The van der Waals surface area contributed by atoms with Gasteiger partial charge in [0.25, 0.3) is 0 Å². The number of aromatic carboxylic acids is 1. The molecular formula is C25H29F2N3O7. The van der Waals surface area contributed by atoms with Crippen LogP contribution in [-0.4, -0.2) is 83.4 Å². The predicted octanol–water partition coefficient (Wildman–Crippen LogP) is 3.19. The van der Waals surface area contributed by atoms with Crippen LogP contribution in [0.1, 0.15) is 27.2 Å². The van der Waals surface area contributed by atoms with Crippen LogP contribution < -0.4 is 0 Å². The summed E-state index contributed by atoms with van der Waals surface area (Å²) in [7, 11) is 4.00. The monoisotopic (exact) mass is 521 g/mol. The van der Waals surface area contributed by atoms with E-state index in [1.165, 1.54) is 33.2 Å². The number of aliphatic hydroxyl groups is 1. The number of amides is 1. The zero-order valence-corrected chi connectivity index (χ0v) is 21.1. The topological polar surface area (TPSA) is 123 Å². The molecule has 12 heteroatoms. The van der Waals surface area contributed by atoms with E-state index in [9.17, 15) is 24.2 Å². The van der Waals surface area contributed by atoms with Crippen molar-refractivity contribution >= 4 is 17.7 Å². The van der Waals surface area contributed by atoms with Crippen molar-refractivity contribution in [3.63, 3.8) is 0 Å². The second kappa shape index (κ2) is 11.6. The van der Waals surface area contributed by atoms with Crippen molar-refractivity contribution in [2.24, 2.45) is 0 Å². The Morgan fingerprint density at radius 2 is 1.81 bits per heavy atom. The highest BCUT2D eigenvalue weighted by atomic mass is 19.1. The maximum Gasteiger partial charge on any atom is 0.409 e. The van der Waals surface area contributed by atoms with Gasteiger partial charge in [-0.05, 0) is 43.2 Å². The van der Waals surface area contributed by atoms with Crippen LogP contribution in [0.5, 0.6) is 0 Å². The fourth-order valence-electron chi connectivity index (χ4n) is 4.11. The van der Waals surface area contributed by atoms with Gasteiger partial charge in [0.2, 0.25) is 0 Å². The summed E-state index contributed by atoms with van der Waals surface area (Å²) in [5, 5.41) is 20.2. The standard InChI is InChI=1S/C25H29F2N3O7/c1-13-6-7-30-18(9-15(31)11-29(25(34)37-5)12-20(35-3)36-4)23(28-19(30)8-13)21-14(2)22(27)16(24(32)33)10-17(21)26/h6-8,10,15,20,31H,9,11-12H2,1-5H3,(H,32,33)/t15-/m0/s1. The van der Waals surface area contributed by atoms with Crippen molar-refractivity contribution in [1.82, 2.24) is 14.3 Å². The van der Waals surface area contributed by atoms with Crippen molar-refractivity contribution in [1.29, 1.82) is 0 Å². The Morgan fingerprint density at radius 3 is 2.41 bits per heavy atom. The van der Waals surface area contributed by atoms with E-state index in [0.717, 1.165) is 5.56 Å². The average molecular weight is 522 g/mol. The summed E-state index contributed by atoms with van der Waals surface area (Å²) < 4.78 is 46.8. The van der Waals surface area contributed by atoms with E-state index in [2.05, 4.69) is 4.98 Å². The summed E-state index contributed by atoms with van der Waals surface area (Å²) in [6.07, 6.45) is -1.10. The molecule has 0 spiro atoms. The lowest BCUT2D eigenvalue weighted by molar-refractivity contribution is -0.115. The molecule has 2 heterocycles. The molecule has 0 aliphatic heterocycles. The minimum absolute atomic E-state index is 0.0362. The molecule has 1 amide bonds. The zero-order chi connectivity index (χ0) is 27.4. The van der Waals surface area contributed by atoms with E-state index >= 15 is 4.39 Å². The predicted molar refractivity (Wildman–Crippen MR) is 128 cm³/mol. The normalized spacial score (nSPS) is 12.2. The molecule has 0 fully saturated rings. The molecular weight excluding hydrogens is 492 g/mol. The number of carbonyl (C=O) groups is 2. The molecule has 0 radical (unpaired) electrons. The molecule has 0 aliphatic carbocycles. The lowest BCUT2D eigenvalue weighted by Crippen LogP contribution is -2.43. The summed E-state index contributed by atoms with van der Waals surface area (Å²) in [6, 6.07) is 4.13. The quantitative estimate of drug-likeness (QED) is 0.390. The van der Waals surface area contributed by atoms with E-state index in [1.54, 1.807) is 22.7 Å². The molecule has 0 bridgehead atoms. The number of hydrogen-bond acceptors (Lipinski definition) is 7. The highest BCUT2D eigenvalue weighted by molar-refractivity contribution is 5.89. The van der Waals surface area contributed by atoms with Gasteiger partial charge in [0.15, 0.2) is 6.29 Å². The van der Waals surface area contributed by atoms with E-state index < -0.39 is 41.7 Å². The molecule has 2 aromatic heterocycles. The number of fused-ring (bicyclic) bond motifs is 1. The lowest BCUT2D eigenvalue weighted by Gasteiger charge is -2.27. The number of benzene rings is 1. The fourth-order valence-corrected chi connectivity index (χ4v) is 4.11. The number of halogens is 2. The smallest absolute Gasteiger partial charge is 0.409 e. The molecule has 0 aliphatic rings. The average Bonchev–Trinajstić information content (AvgIpc) is 3.19. The highest BCUT2D eigenvalue weighted by Crippen LogP contribution is 2.33. The first kappa shape index (κ1) is 28.0. The summed E-state index contributed by atoms with van der Waals surface area (Å²) in [5.41, 5.74) is 0.436. The van der Waals surface area contributed by atoms with Crippen molar-refractivity contribution < 1.29 is 42.8 Å². The molecule has 0 saturated carbocycles. The molecule has 0 unspecified atom stereocenters. The third kappa shape index (κ3) is 5.87. The Labute approximate surface area is 212 Å². The van der Waals surface area contributed by atoms with Gasteiger partial charge in [-0.15, -0.1) is 0 Å². The molecule has 3 aromatic rings. The number of aryl methyl sites for hydroxylation is 1. The first-order chi connectivity index (χ1) is 17.5. The highest BCUT2D eigenvalue weighted by Gasteiger charge is 2.28. The van der Waals surface area contributed by atoms with Gasteiger partial charge in [0.1, 0.15) is 17.3 Å². The minimum atomic E-state index is -1.60. The van der Waals surface area contributed by atoms with Gasteiger partial charge in [-0.25, -0.2) is 23.4 Å². The first-order valence-corrected chi connectivity index (χ1v) is 11.3. The number of carboxylic acid groups (broad SMARTS) is 1. The minimum Gasteiger partial charge on any atom is -0.478 e. The largest absolute Gasteiger partial charge is 0.478 e. The van der Waals surface area contributed by atoms with E-state index in [1.807, 2.05) is 6.92 Å². The lowest BCUT2D eigenvalue weighted by atomic mass is 9.98. The zero-order valence-electron chi connectivity index (χ0n) is 21.1. The number of aliphatic hydroxyl groups excluding tert-OH is 1. The third-order valence-corrected chi connectivity index (χ3v) is 5.99. The summed E-state index contributed by atoms with van der Waals surface area (Å²) in [6.45, 7) is 2.88. The molecule has 10 nitrogen and oxygen atoms in total. The Morgan fingerprint density at radius 1 is 1.14 bits per heavy atom. The first-order valence-electron chi connectivity index (χ1n) is 11.3. The van der Waals surface area contributed by atoms with Gasteiger partial charge >= 0.3 is 12.1 Å². The number of carboxylic acids is 1. The summed E-state index contributed by atoms with van der Waals surface area (Å²) in [4.78, 5) is 29.3. The van der Waals surface area contributed by atoms with Crippen molar-refractivity contribution in [2.45, 2.75) is 32.7 Å². The van der Waals surface area contributed by atoms with Crippen LogP contribution in [0.3, 0.4) is 0 Å². The number of rotatable bonds is 10. The Balaban J connectivity index is 2.08. The molecule has 0 saturated heterocycles. The van der Waals surface area contributed by atoms with E-state index in [-0.39, 0.29) is 36.3 Å². The summed E-state index contributed by atoms with van der Waals surface area (Å²) in [5.74, 6) is -3.64. The van der Waals surface area contributed by atoms with Crippen LogP contribution in [0.4, 0.5) is 13.6 Å². The maximum absolute atomic E-state index is 15.2. The number of pyridine rings is 1. The molecule has 1 atom stereocenters. The van der Waals surface area contributed by atoms with Crippen LogP contribution in [0.2, 0.25) is 0 Å². The van der Waals surface area contributed by atoms with Gasteiger partial charge in [0, 0.05) is 32.4 Å². The van der Waals surface area contributed by atoms with Gasteiger partial charge in [-0.1, -0.05) is 0 Å². The van der Waals surface area contributed by atoms with Gasteiger partial charge in [0.05, 0.1) is 43.3 Å². The maximum atomic E-state index is 15.2.